The standard InChI is InChI=1S/C19H18FN3O2S.ClH/c1-23-16-5-3-13(26(24,25)18-8-11(20)6-7-21-18)10-14(16)19-15-4-2-12(22-15)9-17(19)23;/h3,5-8,10,12,15,22H,2,4,9H2,1H3;1H. The number of fused-ring (bicyclic) bond motifs is 6. The van der Waals surface area contributed by atoms with Gasteiger partial charge in [-0.2, -0.15) is 0 Å². The number of halogens is 2. The number of aryl methyl sites for hydroxylation is 1. The van der Waals surface area contributed by atoms with Crippen LogP contribution >= 0.6 is 12.4 Å². The van der Waals surface area contributed by atoms with Gasteiger partial charge in [0.1, 0.15) is 5.82 Å². The van der Waals surface area contributed by atoms with E-state index in [1.807, 2.05) is 13.1 Å². The Morgan fingerprint density at radius 3 is 2.81 bits per heavy atom. The highest BCUT2D eigenvalue weighted by Crippen LogP contribution is 2.42. The number of rotatable bonds is 2. The van der Waals surface area contributed by atoms with E-state index in [1.54, 1.807) is 12.1 Å². The van der Waals surface area contributed by atoms with E-state index in [0.29, 0.717) is 6.04 Å². The fourth-order valence-corrected chi connectivity index (χ4v) is 5.63. The number of hydrogen-bond donors (Lipinski definition) is 1. The molecule has 0 radical (unpaired) electrons. The van der Waals surface area contributed by atoms with E-state index in [9.17, 15) is 12.8 Å². The summed E-state index contributed by atoms with van der Waals surface area (Å²) in [7, 11) is -1.83. The summed E-state index contributed by atoms with van der Waals surface area (Å²) < 4.78 is 41.5. The van der Waals surface area contributed by atoms with Gasteiger partial charge in [0.05, 0.1) is 4.90 Å². The molecular formula is C19H19ClFN3O2S. The maximum absolute atomic E-state index is 13.5. The molecule has 27 heavy (non-hydrogen) atoms. The molecule has 2 aromatic heterocycles. The predicted octanol–water partition coefficient (Wildman–Crippen LogP) is 3.32. The highest BCUT2D eigenvalue weighted by Gasteiger charge is 2.36. The van der Waals surface area contributed by atoms with Gasteiger partial charge in [-0.15, -0.1) is 12.4 Å². The van der Waals surface area contributed by atoms with Crippen LogP contribution in [0.25, 0.3) is 10.9 Å². The monoisotopic (exact) mass is 407 g/mol. The zero-order chi connectivity index (χ0) is 18.1. The SMILES string of the molecule is Cl.Cn1c2c(c3cc(S(=O)(=O)c4cc(F)ccn4)ccc31)C1CCC(C2)N1. The first-order valence-electron chi connectivity index (χ1n) is 8.69. The average molecular weight is 408 g/mol. The number of benzene rings is 1. The van der Waals surface area contributed by atoms with Crippen molar-refractivity contribution in [3.63, 3.8) is 0 Å². The number of hydrogen-bond acceptors (Lipinski definition) is 4. The molecule has 0 saturated carbocycles. The van der Waals surface area contributed by atoms with Crippen molar-refractivity contribution in [1.82, 2.24) is 14.9 Å². The molecule has 8 heteroatoms. The first-order chi connectivity index (χ1) is 12.4. The number of pyridine rings is 1. The van der Waals surface area contributed by atoms with Crippen LogP contribution in [-0.4, -0.2) is 24.0 Å². The Kier molecular flexibility index (Phi) is 4.29. The average Bonchev–Trinajstić information content (AvgIpc) is 3.14. The molecule has 1 aromatic carbocycles. The lowest BCUT2D eigenvalue weighted by Gasteiger charge is -2.23. The maximum atomic E-state index is 13.5. The Labute approximate surface area is 162 Å². The molecule has 2 aliphatic heterocycles. The van der Waals surface area contributed by atoms with E-state index < -0.39 is 15.7 Å². The van der Waals surface area contributed by atoms with Crippen molar-refractivity contribution in [2.24, 2.45) is 7.05 Å². The van der Waals surface area contributed by atoms with Gasteiger partial charge in [-0.05, 0) is 42.7 Å². The quantitative estimate of drug-likeness (QED) is 0.707. The second-order valence-corrected chi connectivity index (χ2v) is 9.01. The number of aromatic nitrogens is 2. The molecule has 5 rings (SSSR count). The summed E-state index contributed by atoms with van der Waals surface area (Å²) >= 11 is 0. The molecule has 2 bridgehead atoms. The first-order valence-corrected chi connectivity index (χ1v) is 10.2. The van der Waals surface area contributed by atoms with Crippen LogP contribution in [0.2, 0.25) is 0 Å². The fourth-order valence-electron chi connectivity index (χ4n) is 4.40. The number of nitrogens with one attached hydrogen (secondary N) is 1. The van der Waals surface area contributed by atoms with Gasteiger partial charge >= 0.3 is 0 Å². The minimum Gasteiger partial charge on any atom is -0.347 e. The molecule has 1 N–H and O–H groups in total. The second-order valence-electron chi connectivity index (χ2n) is 7.11. The van der Waals surface area contributed by atoms with Gasteiger partial charge in [0, 0.05) is 54.4 Å². The van der Waals surface area contributed by atoms with Crippen molar-refractivity contribution in [1.29, 1.82) is 0 Å². The van der Waals surface area contributed by atoms with Gasteiger partial charge in [0.2, 0.25) is 9.84 Å². The van der Waals surface area contributed by atoms with E-state index in [2.05, 4.69) is 14.9 Å². The molecule has 4 heterocycles. The van der Waals surface area contributed by atoms with E-state index >= 15 is 0 Å². The summed E-state index contributed by atoms with van der Waals surface area (Å²) in [6, 6.07) is 8.03. The summed E-state index contributed by atoms with van der Waals surface area (Å²) in [4.78, 5) is 4.00. The molecule has 3 aromatic rings. The van der Waals surface area contributed by atoms with Gasteiger partial charge in [0.25, 0.3) is 0 Å². The Bertz CT molecular complexity index is 1160. The topological polar surface area (TPSA) is 64.0 Å². The zero-order valence-electron chi connectivity index (χ0n) is 14.6. The van der Waals surface area contributed by atoms with Gasteiger partial charge < -0.3 is 9.88 Å². The first kappa shape index (κ1) is 18.4. The van der Waals surface area contributed by atoms with Gasteiger partial charge in [-0.1, -0.05) is 0 Å². The van der Waals surface area contributed by atoms with Crippen molar-refractivity contribution in [3.8, 4) is 0 Å². The lowest BCUT2D eigenvalue weighted by Crippen LogP contribution is -2.32. The Morgan fingerprint density at radius 2 is 2.04 bits per heavy atom. The Hall–Kier alpha value is -1.96. The summed E-state index contributed by atoms with van der Waals surface area (Å²) in [5.41, 5.74) is 3.51. The van der Waals surface area contributed by atoms with E-state index in [1.165, 1.54) is 17.5 Å². The molecular weight excluding hydrogens is 389 g/mol. The van der Waals surface area contributed by atoms with Gasteiger partial charge in [0.15, 0.2) is 5.03 Å². The lowest BCUT2D eigenvalue weighted by molar-refractivity contribution is 0.503. The van der Waals surface area contributed by atoms with E-state index in [-0.39, 0.29) is 28.4 Å². The van der Waals surface area contributed by atoms with Crippen LogP contribution in [0.5, 0.6) is 0 Å². The summed E-state index contributed by atoms with van der Waals surface area (Å²) in [5.74, 6) is -0.613. The molecule has 0 spiro atoms. The Balaban J connectivity index is 0.00000180. The van der Waals surface area contributed by atoms with Crippen LogP contribution in [0.4, 0.5) is 4.39 Å². The highest BCUT2D eigenvalue weighted by molar-refractivity contribution is 7.91. The van der Waals surface area contributed by atoms with Crippen LogP contribution in [0.1, 0.15) is 30.1 Å². The molecule has 2 unspecified atom stereocenters. The summed E-state index contributed by atoms with van der Waals surface area (Å²) in [5, 5.41) is 4.32. The fraction of sp³-hybridized carbons (Fsp3) is 0.316. The van der Waals surface area contributed by atoms with Crippen LogP contribution in [0.15, 0.2) is 46.5 Å². The normalized spacial score (nSPS) is 21.1. The minimum absolute atomic E-state index is 0. The zero-order valence-corrected chi connectivity index (χ0v) is 16.3. The molecule has 1 saturated heterocycles. The number of nitrogens with zero attached hydrogens (tertiary/aromatic N) is 2. The van der Waals surface area contributed by atoms with Crippen LogP contribution < -0.4 is 5.32 Å². The van der Waals surface area contributed by atoms with Crippen molar-refractivity contribution in [2.45, 2.75) is 41.3 Å². The highest BCUT2D eigenvalue weighted by atomic mass is 35.5. The van der Waals surface area contributed by atoms with E-state index in [0.717, 1.165) is 42.3 Å². The predicted molar refractivity (Wildman–Crippen MR) is 102 cm³/mol. The molecule has 5 nitrogen and oxygen atoms in total. The minimum atomic E-state index is -3.86. The molecule has 142 valence electrons. The smallest absolute Gasteiger partial charge is 0.223 e. The summed E-state index contributed by atoms with van der Waals surface area (Å²) in [6.07, 6.45) is 4.35. The van der Waals surface area contributed by atoms with Gasteiger partial charge in [-0.3, -0.25) is 0 Å². The Morgan fingerprint density at radius 1 is 1.22 bits per heavy atom. The van der Waals surface area contributed by atoms with E-state index in [4.69, 9.17) is 0 Å². The van der Waals surface area contributed by atoms with Crippen molar-refractivity contribution in [2.75, 3.05) is 0 Å². The third-order valence-corrected chi connectivity index (χ3v) is 7.30. The van der Waals surface area contributed by atoms with Crippen LogP contribution in [-0.2, 0) is 23.3 Å². The molecule has 0 aliphatic carbocycles. The molecule has 1 fully saturated rings. The van der Waals surface area contributed by atoms with Crippen molar-refractivity contribution >= 4 is 33.1 Å². The second kappa shape index (κ2) is 6.29. The molecule has 2 aliphatic rings. The summed E-state index contributed by atoms with van der Waals surface area (Å²) in [6.45, 7) is 0. The molecule has 2 atom stereocenters. The third-order valence-electron chi connectivity index (χ3n) is 5.65. The lowest BCUT2D eigenvalue weighted by atomic mass is 9.99. The van der Waals surface area contributed by atoms with Crippen molar-refractivity contribution < 1.29 is 12.8 Å². The largest absolute Gasteiger partial charge is 0.347 e. The third kappa shape index (κ3) is 2.68. The van der Waals surface area contributed by atoms with Crippen LogP contribution in [0.3, 0.4) is 0 Å². The maximum Gasteiger partial charge on any atom is 0.223 e. The molecule has 0 amide bonds. The number of sulfone groups is 1. The van der Waals surface area contributed by atoms with Crippen molar-refractivity contribution in [3.05, 3.63) is 53.6 Å². The van der Waals surface area contributed by atoms with Crippen LogP contribution in [0, 0.1) is 5.82 Å². The van der Waals surface area contributed by atoms with Gasteiger partial charge in [-0.25, -0.2) is 17.8 Å².